The van der Waals surface area contributed by atoms with Crippen LogP contribution in [0.3, 0.4) is 0 Å². The molecular formula is C14H17ClN4O2. The fraction of sp³-hybridized carbons (Fsp3) is 0.286. The van der Waals surface area contributed by atoms with Crippen LogP contribution in [0.5, 0.6) is 11.5 Å². The van der Waals surface area contributed by atoms with Gasteiger partial charge in [-0.05, 0) is 13.0 Å². The summed E-state index contributed by atoms with van der Waals surface area (Å²) in [7, 11) is 4.94. The SMILES string of the molecule is CNc1cc(Nc2cc(Cl)c(OC)cc2OC)nc(C)n1. The molecule has 21 heavy (non-hydrogen) atoms. The zero-order chi connectivity index (χ0) is 15.4. The van der Waals surface area contributed by atoms with Crippen LogP contribution in [0, 0.1) is 6.92 Å². The first-order chi connectivity index (χ1) is 10.1. The Morgan fingerprint density at radius 1 is 1.00 bits per heavy atom. The van der Waals surface area contributed by atoms with E-state index < -0.39 is 0 Å². The molecule has 112 valence electrons. The van der Waals surface area contributed by atoms with Crippen molar-refractivity contribution in [3.05, 3.63) is 29.0 Å². The highest BCUT2D eigenvalue weighted by Crippen LogP contribution is 2.37. The highest BCUT2D eigenvalue weighted by atomic mass is 35.5. The maximum Gasteiger partial charge on any atom is 0.146 e. The Hall–Kier alpha value is -2.21. The summed E-state index contributed by atoms with van der Waals surface area (Å²) < 4.78 is 10.5. The molecular weight excluding hydrogens is 292 g/mol. The van der Waals surface area contributed by atoms with Gasteiger partial charge in [-0.15, -0.1) is 0 Å². The first-order valence-electron chi connectivity index (χ1n) is 6.29. The molecule has 0 radical (unpaired) electrons. The predicted octanol–water partition coefficient (Wildman–Crippen LogP) is 3.24. The molecule has 0 aliphatic heterocycles. The lowest BCUT2D eigenvalue weighted by atomic mass is 10.2. The molecule has 0 aliphatic rings. The molecule has 0 saturated carbocycles. The number of benzene rings is 1. The molecule has 0 bridgehead atoms. The number of nitrogens with one attached hydrogen (secondary N) is 2. The Balaban J connectivity index is 2.39. The molecule has 7 heteroatoms. The minimum absolute atomic E-state index is 0.486. The Bertz CT molecular complexity index is 649. The first kappa shape index (κ1) is 15.2. The summed E-state index contributed by atoms with van der Waals surface area (Å²) in [5.74, 6) is 3.19. The Labute approximate surface area is 128 Å². The van der Waals surface area contributed by atoms with Crippen molar-refractivity contribution in [2.45, 2.75) is 6.92 Å². The van der Waals surface area contributed by atoms with E-state index in [2.05, 4.69) is 20.6 Å². The van der Waals surface area contributed by atoms with Crippen molar-refractivity contribution in [3.8, 4) is 11.5 Å². The van der Waals surface area contributed by atoms with E-state index in [0.717, 1.165) is 5.82 Å². The van der Waals surface area contributed by atoms with Crippen LogP contribution in [0.1, 0.15) is 5.82 Å². The van der Waals surface area contributed by atoms with Crippen molar-refractivity contribution in [1.82, 2.24) is 9.97 Å². The smallest absolute Gasteiger partial charge is 0.146 e. The third-order valence-electron chi connectivity index (χ3n) is 2.83. The Morgan fingerprint density at radius 2 is 1.67 bits per heavy atom. The van der Waals surface area contributed by atoms with Crippen molar-refractivity contribution in [2.24, 2.45) is 0 Å². The number of aromatic nitrogens is 2. The summed E-state index contributed by atoms with van der Waals surface area (Å²) in [4.78, 5) is 8.57. The predicted molar refractivity (Wildman–Crippen MR) is 84.2 cm³/mol. The molecule has 0 atom stereocenters. The highest BCUT2D eigenvalue weighted by molar-refractivity contribution is 6.32. The molecule has 1 heterocycles. The van der Waals surface area contributed by atoms with Crippen LogP contribution in [-0.2, 0) is 0 Å². The van der Waals surface area contributed by atoms with Crippen molar-refractivity contribution in [3.63, 3.8) is 0 Å². The molecule has 1 aromatic heterocycles. The number of ether oxygens (including phenoxy) is 2. The van der Waals surface area contributed by atoms with Gasteiger partial charge in [0.15, 0.2) is 0 Å². The molecule has 0 unspecified atom stereocenters. The zero-order valence-electron chi connectivity index (χ0n) is 12.3. The molecule has 0 fully saturated rings. The van der Waals surface area contributed by atoms with E-state index in [1.807, 2.05) is 6.92 Å². The van der Waals surface area contributed by atoms with E-state index >= 15 is 0 Å². The highest BCUT2D eigenvalue weighted by Gasteiger charge is 2.11. The van der Waals surface area contributed by atoms with Crippen LogP contribution in [0.4, 0.5) is 17.3 Å². The summed E-state index contributed by atoms with van der Waals surface area (Å²) in [5.41, 5.74) is 0.698. The van der Waals surface area contributed by atoms with Crippen LogP contribution in [0.2, 0.25) is 5.02 Å². The summed E-state index contributed by atoms with van der Waals surface area (Å²) >= 11 is 6.15. The molecule has 0 spiro atoms. The molecule has 2 rings (SSSR count). The lowest BCUT2D eigenvalue weighted by Crippen LogP contribution is -2.02. The van der Waals surface area contributed by atoms with Gasteiger partial charge in [0.1, 0.15) is 29.0 Å². The van der Waals surface area contributed by atoms with Crippen molar-refractivity contribution >= 4 is 28.9 Å². The number of anilines is 3. The third-order valence-corrected chi connectivity index (χ3v) is 3.13. The van der Waals surface area contributed by atoms with Gasteiger partial charge in [-0.3, -0.25) is 0 Å². The number of aryl methyl sites for hydroxylation is 1. The monoisotopic (exact) mass is 308 g/mol. The Morgan fingerprint density at radius 3 is 2.29 bits per heavy atom. The zero-order valence-corrected chi connectivity index (χ0v) is 13.1. The van der Waals surface area contributed by atoms with Gasteiger partial charge in [-0.25, -0.2) is 9.97 Å². The number of rotatable bonds is 5. The molecule has 1 aromatic carbocycles. The number of halogens is 1. The molecule has 0 saturated heterocycles. The topological polar surface area (TPSA) is 68.3 Å². The van der Waals surface area contributed by atoms with Crippen LogP contribution >= 0.6 is 11.6 Å². The maximum absolute atomic E-state index is 6.15. The van der Waals surface area contributed by atoms with Gasteiger partial charge in [0.2, 0.25) is 0 Å². The van der Waals surface area contributed by atoms with Crippen molar-refractivity contribution in [1.29, 1.82) is 0 Å². The van der Waals surface area contributed by atoms with E-state index in [1.54, 1.807) is 39.5 Å². The van der Waals surface area contributed by atoms with Crippen LogP contribution in [0.25, 0.3) is 0 Å². The van der Waals surface area contributed by atoms with E-state index in [-0.39, 0.29) is 0 Å². The van der Waals surface area contributed by atoms with Crippen molar-refractivity contribution in [2.75, 3.05) is 31.9 Å². The average molecular weight is 309 g/mol. The van der Waals surface area contributed by atoms with E-state index in [1.165, 1.54) is 0 Å². The second-order valence-electron chi connectivity index (χ2n) is 4.25. The normalized spacial score (nSPS) is 10.1. The van der Waals surface area contributed by atoms with Crippen LogP contribution in [-0.4, -0.2) is 31.2 Å². The van der Waals surface area contributed by atoms with Gasteiger partial charge in [-0.1, -0.05) is 11.6 Å². The molecule has 2 aromatic rings. The Kier molecular flexibility index (Phi) is 4.70. The quantitative estimate of drug-likeness (QED) is 0.884. The standard InChI is InChI=1S/C14H17ClN4O2/c1-8-17-13(16-2)7-14(18-8)19-10-5-9(15)11(20-3)6-12(10)21-4/h5-7H,1-4H3,(H2,16,17,18,19). The lowest BCUT2D eigenvalue weighted by molar-refractivity contribution is 0.396. The van der Waals surface area contributed by atoms with Gasteiger partial charge in [0.05, 0.1) is 24.9 Å². The van der Waals surface area contributed by atoms with Gasteiger partial charge < -0.3 is 20.1 Å². The lowest BCUT2D eigenvalue weighted by Gasteiger charge is -2.14. The largest absolute Gasteiger partial charge is 0.495 e. The number of hydrogen-bond acceptors (Lipinski definition) is 6. The molecule has 0 aliphatic carbocycles. The fourth-order valence-electron chi connectivity index (χ4n) is 1.86. The number of methoxy groups -OCH3 is 2. The van der Waals surface area contributed by atoms with Gasteiger partial charge in [-0.2, -0.15) is 0 Å². The second-order valence-corrected chi connectivity index (χ2v) is 4.65. The van der Waals surface area contributed by atoms with Gasteiger partial charge in [0.25, 0.3) is 0 Å². The van der Waals surface area contributed by atoms with Crippen LogP contribution < -0.4 is 20.1 Å². The van der Waals surface area contributed by atoms with E-state index in [9.17, 15) is 0 Å². The second kappa shape index (κ2) is 6.49. The van der Waals surface area contributed by atoms with Crippen LogP contribution in [0.15, 0.2) is 18.2 Å². The average Bonchev–Trinajstić information content (AvgIpc) is 2.47. The molecule has 2 N–H and O–H groups in total. The molecule has 6 nitrogen and oxygen atoms in total. The van der Waals surface area contributed by atoms with Gasteiger partial charge >= 0.3 is 0 Å². The number of hydrogen-bond donors (Lipinski definition) is 2. The van der Waals surface area contributed by atoms with E-state index in [4.69, 9.17) is 21.1 Å². The summed E-state index contributed by atoms with van der Waals surface area (Å²) in [6, 6.07) is 5.25. The maximum atomic E-state index is 6.15. The fourth-order valence-corrected chi connectivity index (χ4v) is 2.10. The first-order valence-corrected chi connectivity index (χ1v) is 6.67. The third kappa shape index (κ3) is 3.46. The molecule has 0 amide bonds. The minimum atomic E-state index is 0.486. The summed E-state index contributed by atoms with van der Waals surface area (Å²) in [5, 5.41) is 6.65. The summed E-state index contributed by atoms with van der Waals surface area (Å²) in [6.07, 6.45) is 0. The minimum Gasteiger partial charge on any atom is -0.495 e. The number of nitrogens with zero attached hydrogens (tertiary/aromatic N) is 2. The van der Waals surface area contributed by atoms with Gasteiger partial charge in [0, 0.05) is 19.2 Å². The van der Waals surface area contributed by atoms with Crippen molar-refractivity contribution < 1.29 is 9.47 Å². The summed E-state index contributed by atoms with van der Waals surface area (Å²) in [6.45, 7) is 1.82. The van der Waals surface area contributed by atoms with E-state index in [0.29, 0.717) is 33.9 Å².